The summed E-state index contributed by atoms with van der Waals surface area (Å²) in [6, 6.07) is 15.1. The maximum Gasteiger partial charge on any atom is 0.242 e. The first kappa shape index (κ1) is 20.9. The van der Waals surface area contributed by atoms with Crippen molar-refractivity contribution in [1.82, 2.24) is 4.90 Å². The molecule has 152 valence electrons. The van der Waals surface area contributed by atoms with Crippen molar-refractivity contribution in [1.29, 1.82) is 0 Å². The van der Waals surface area contributed by atoms with E-state index >= 15 is 0 Å². The molecule has 0 saturated carbocycles. The average molecular weight is 412 g/mol. The van der Waals surface area contributed by atoms with Gasteiger partial charge in [-0.1, -0.05) is 37.7 Å². The fourth-order valence-corrected chi connectivity index (χ4v) is 4.05. The molecule has 0 aromatic heterocycles. The monoisotopic (exact) mass is 411 g/mol. The SMILES string of the molecule is COc1ccc(N=C2S[C@@H](CC(=O)Nc3ccc(C(C)C)cc3)C(=O)N2C)cc1. The number of hydrogen-bond donors (Lipinski definition) is 1. The van der Waals surface area contributed by atoms with Crippen LogP contribution < -0.4 is 10.1 Å². The molecule has 7 heteroatoms. The Kier molecular flexibility index (Phi) is 6.59. The number of ether oxygens (including phenoxy) is 1. The van der Waals surface area contributed by atoms with Gasteiger partial charge in [0.05, 0.1) is 12.8 Å². The summed E-state index contributed by atoms with van der Waals surface area (Å²) in [5, 5.41) is 2.97. The van der Waals surface area contributed by atoms with Gasteiger partial charge in [0.15, 0.2) is 5.17 Å². The zero-order valence-electron chi connectivity index (χ0n) is 17.0. The molecule has 1 atom stereocenters. The van der Waals surface area contributed by atoms with Gasteiger partial charge in [-0.3, -0.25) is 14.5 Å². The molecule has 0 radical (unpaired) electrons. The molecule has 2 aromatic rings. The molecule has 29 heavy (non-hydrogen) atoms. The predicted octanol–water partition coefficient (Wildman–Crippen LogP) is 4.41. The first-order valence-corrected chi connectivity index (χ1v) is 10.3. The summed E-state index contributed by atoms with van der Waals surface area (Å²) in [6.45, 7) is 4.25. The zero-order chi connectivity index (χ0) is 21.0. The molecular formula is C22H25N3O3S. The Labute approximate surface area is 175 Å². The van der Waals surface area contributed by atoms with Gasteiger partial charge in [-0.25, -0.2) is 4.99 Å². The second kappa shape index (κ2) is 9.13. The van der Waals surface area contributed by atoms with E-state index in [0.717, 1.165) is 17.1 Å². The topological polar surface area (TPSA) is 71.0 Å². The molecule has 0 spiro atoms. The molecule has 6 nitrogen and oxygen atoms in total. The van der Waals surface area contributed by atoms with Gasteiger partial charge < -0.3 is 10.1 Å². The molecule has 1 N–H and O–H groups in total. The zero-order valence-corrected chi connectivity index (χ0v) is 17.8. The van der Waals surface area contributed by atoms with Gasteiger partial charge in [-0.05, 0) is 47.9 Å². The van der Waals surface area contributed by atoms with Gasteiger partial charge in [-0.15, -0.1) is 0 Å². The van der Waals surface area contributed by atoms with Crippen LogP contribution in [0.1, 0.15) is 31.7 Å². The Balaban J connectivity index is 1.62. The third-order valence-corrected chi connectivity index (χ3v) is 5.90. The van der Waals surface area contributed by atoms with Gasteiger partial charge in [0.2, 0.25) is 11.8 Å². The van der Waals surface area contributed by atoms with E-state index in [1.54, 1.807) is 14.2 Å². The highest BCUT2D eigenvalue weighted by atomic mass is 32.2. The molecule has 1 saturated heterocycles. The van der Waals surface area contributed by atoms with Crippen LogP contribution in [0, 0.1) is 0 Å². The summed E-state index contributed by atoms with van der Waals surface area (Å²) in [5.74, 6) is 0.874. The molecule has 2 aromatic carbocycles. The van der Waals surface area contributed by atoms with Crippen molar-refractivity contribution in [3.8, 4) is 5.75 Å². The number of amides is 2. The molecule has 1 aliphatic heterocycles. The van der Waals surface area contributed by atoms with E-state index < -0.39 is 5.25 Å². The summed E-state index contributed by atoms with van der Waals surface area (Å²) in [5.41, 5.74) is 2.67. The van der Waals surface area contributed by atoms with Gasteiger partial charge in [0.1, 0.15) is 11.0 Å². The largest absolute Gasteiger partial charge is 0.497 e. The maximum absolute atomic E-state index is 12.5. The van der Waals surface area contributed by atoms with Crippen LogP contribution in [0.5, 0.6) is 5.75 Å². The highest BCUT2D eigenvalue weighted by molar-refractivity contribution is 8.15. The lowest BCUT2D eigenvalue weighted by Crippen LogP contribution is -2.30. The third kappa shape index (κ3) is 5.17. The molecule has 2 amide bonds. The van der Waals surface area contributed by atoms with Gasteiger partial charge in [0.25, 0.3) is 0 Å². The number of thioether (sulfide) groups is 1. The number of amidine groups is 1. The lowest BCUT2D eigenvalue weighted by Gasteiger charge is -2.10. The molecule has 1 aliphatic rings. The van der Waals surface area contributed by atoms with Gasteiger partial charge in [0, 0.05) is 19.2 Å². The number of rotatable bonds is 6. The minimum Gasteiger partial charge on any atom is -0.497 e. The Hall–Kier alpha value is -2.80. The van der Waals surface area contributed by atoms with E-state index in [-0.39, 0.29) is 18.2 Å². The molecule has 1 heterocycles. The van der Waals surface area contributed by atoms with E-state index in [1.165, 1.54) is 22.2 Å². The van der Waals surface area contributed by atoms with Crippen molar-refractivity contribution in [2.24, 2.45) is 4.99 Å². The van der Waals surface area contributed by atoms with Crippen LogP contribution in [-0.4, -0.2) is 41.3 Å². The highest BCUT2D eigenvalue weighted by Gasteiger charge is 2.37. The van der Waals surface area contributed by atoms with Crippen LogP contribution in [0.2, 0.25) is 0 Å². The van der Waals surface area contributed by atoms with Crippen LogP contribution >= 0.6 is 11.8 Å². The molecule has 0 aliphatic carbocycles. The van der Waals surface area contributed by atoms with E-state index in [4.69, 9.17) is 4.74 Å². The first-order valence-electron chi connectivity index (χ1n) is 9.44. The van der Waals surface area contributed by atoms with Crippen LogP contribution in [0.15, 0.2) is 53.5 Å². The average Bonchev–Trinajstić information content (AvgIpc) is 2.96. The van der Waals surface area contributed by atoms with Crippen molar-refractivity contribution in [2.75, 3.05) is 19.5 Å². The van der Waals surface area contributed by atoms with Crippen molar-refractivity contribution in [2.45, 2.75) is 31.4 Å². The Bertz CT molecular complexity index is 908. The van der Waals surface area contributed by atoms with E-state index in [2.05, 4.69) is 24.2 Å². The fraction of sp³-hybridized carbons (Fsp3) is 0.318. The molecule has 1 fully saturated rings. The lowest BCUT2D eigenvalue weighted by molar-refractivity contribution is -0.127. The minimum absolute atomic E-state index is 0.0986. The van der Waals surface area contributed by atoms with Gasteiger partial charge >= 0.3 is 0 Å². The summed E-state index contributed by atoms with van der Waals surface area (Å²) < 4.78 is 5.14. The van der Waals surface area contributed by atoms with Crippen molar-refractivity contribution in [3.63, 3.8) is 0 Å². The minimum atomic E-state index is -0.480. The number of methoxy groups -OCH3 is 1. The summed E-state index contributed by atoms with van der Waals surface area (Å²) in [4.78, 5) is 31.0. The van der Waals surface area contributed by atoms with Crippen LogP contribution in [0.3, 0.4) is 0 Å². The fourth-order valence-electron chi connectivity index (χ4n) is 2.90. The Morgan fingerprint density at radius 1 is 1.17 bits per heavy atom. The van der Waals surface area contributed by atoms with E-state index in [0.29, 0.717) is 11.1 Å². The number of aliphatic imine (C=N–C) groups is 1. The smallest absolute Gasteiger partial charge is 0.242 e. The number of carbonyl (C=O) groups is 2. The lowest BCUT2D eigenvalue weighted by atomic mass is 10.0. The number of carbonyl (C=O) groups excluding carboxylic acids is 2. The van der Waals surface area contributed by atoms with E-state index in [9.17, 15) is 9.59 Å². The van der Waals surface area contributed by atoms with Crippen molar-refractivity contribution >= 4 is 40.1 Å². The second-order valence-corrected chi connectivity index (χ2v) is 8.30. The number of nitrogens with zero attached hydrogens (tertiary/aromatic N) is 2. The Morgan fingerprint density at radius 2 is 1.83 bits per heavy atom. The predicted molar refractivity (Wildman–Crippen MR) is 118 cm³/mol. The highest BCUT2D eigenvalue weighted by Crippen LogP contribution is 2.31. The van der Waals surface area contributed by atoms with Crippen LogP contribution in [0.4, 0.5) is 11.4 Å². The molecule has 3 rings (SSSR count). The van der Waals surface area contributed by atoms with Crippen LogP contribution in [0.25, 0.3) is 0 Å². The van der Waals surface area contributed by atoms with Crippen molar-refractivity contribution in [3.05, 3.63) is 54.1 Å². The number of benzene rings is 2. The summed E-state index contributed by atoms with van der Waals surface area (Å²) in [7, 11) is 3.29. The quantitative estimate of drug-likeness (QED) is 0.764. The normalized spacial score (nSPS) is 17.8. The third-order valence-electron chi connectivity index (χ3n) is 4.67. The molecule has 0 unspecified atom stereocenters. The molecular weight excluding hydrogens is 386 g/mol. The van der Waals surface area contributed by atoms with Crippen LogP contribution in [-0.2, 0) is 9.59 Å². The van der Waals surface area contributed by atoms with Gasteiger partial charge in [-0.2, -0.15) is 0 Å². The van der Waals surface area contributed by atoms with E-state index in [1.807, 2.05) is 48.5 Å². The summed E-state index contributed by atoms with van der Waals surface area (Å²) in [6.07, 6.45) is 0.0986. The second-order valence-electron chi connectivity index (χ2n) is 7.13. The maximum atomic E-state index is 12.5. The Morgan fingerprint density at radius 3 is 2.41 bits per heavy atom. The standard InChI is InChI=1S/C22H25N3O3S/c1-14(2)15-5-7-16(8-6-15)23-20(26)13-19-21(27)25(3)22(29-19)24-17-9-11-18(28-4)12-10-17/h5-12,14,19H,13H2,1-4H3,(H,23,26)/t19-/m0/s1. The summed E-state index contributed by atoms with van der Waals surface area (Å²) >= 11 is 1.31. The van der Waals surface area contributed by atoms with Crippen molar-refractivity contribution < 1.29 is 14.3 Å². The molecule has 0 bridgehead atoms. The number of anilines is 1. The number of hydrogen-bond acceptors (Lipinski definition) is 5. The first-order chi connectivity index (χ1) is 13.9. The number of nitrogens with one attached hydrogen (secondary N) is 1.